The first-order chi connectivity index (χ1) is 9.83. The Bertz CT molecular complexity index is 587. The van der Waals surface area contributed by atoms with E-state index in [1.165, 1.54) is 12.8 Å². The van der Waals surface area contributed by atoms with Gasteiger partial charge in [0.15, 0.2) is 11.5 Å². The molecule has 1 aliphatic carbocycles. The second kappa shape index (κ2) is 5.59. The van der Waals surface area contributed by atoms with E-state index in [2.05, 4.69) is 5.32 Å². The van der Waals surface area contributed by atoms with Gasteiger partial charge in [-0.15, -0.1) is 0 Å². The molecule has 1 aliphatic rings. The van der Waals surface area contributed by atoms with Crippen molar-refractivity contribution in [2.45, 2.75) is 25.4 Å². The van der Waals surface area contributed by atoms with Crippen LogP contribution in [0.3, 0.4) is 0 Å². The molecule has 1 fully saturated rings. The quantitative estimate of drug-likeness (QED) is 0.877. The molecule has 0 aliphatic heterocycles. The second-order valence-electron chi connectivity index (χ2n) is 4.95. The molecule has 106 valence electrons. The summed E-state index contributed by atoms with van der Waals surface area (Å²) in [4.78, 5) is 0. The molecule has 1 aromatic heterocycles. The van der Waals surface area contributed by atoms with Crippen LogP contribution in [0.2, 0.25) is 0 Å². The molecule has 1 saturated carbocycles. The largest absolute Gasteiger partial charge is 0.493 e. The number of nitrogens with one attached hydrogen (secondary N) is 1. The van der Waals surface area contributed by atoms with Crippen molar-refractivity contribution in [2.24, 2.45) is 0 Å². The van der Waals surface area contributed by atoms with E-state index in [4.69, 9.17) is 13.9 Å². The fraction of sp³-hybridized carbons (Fsp3) is 0.375. The minimum atomic E-state index is 0.653. The molecule has 20 heavy (non-hydrogen) atoms. The Morgan fingerprint density at radius 2 is 2.00 bits per heavy atom. The molecule has 0 saturated heterocycles. The number of para-hydroxylation sites is 1. The summed E-state index contributed by atoms with van der Waals surface area (Å²) in [5, 5.41) is 3.47. The number of furan rings is 1. The number of hydrogen-bond acceptors (Lipinski definition) is 4. The van der Waals surface area contributed by atoms with Gasteiger partial charge < -0.3 is 19.2 Å². The standard InChI is InChI=1S/C16H19NO3/c1-18-14-5-3-4-13(16(14)19-2)12-8-9-20-15(12)10-17-11-6-7-11/h3-5,8-9,11,17H,6-7,10H2,1-2H3. The van der Waals surface area contributed by atoms with Gasteiger partial charge in [0.25, 0.3) is 0 Å². The summed E-state index contributed by atoms with van der Waals surface area (Å²) < 4.78 is 16.5. The topological polar surface area (TPSA) is 43.6 Å². The van der Waals surface area contributed by atoms with Crippen molar-refractivity contribution in [1.29, 1.82) is 0 Å². The van der Waals surface area contributed by atoms with E-state index in [-0.39, 0.29) is 0 Å². The maximum absolute atomic E-state index is 5.61. The van der Waals surface area contributed by atoms with Gasteiger partial charge in [-0.3, -0.25) is 0 Å². The smallest absolute Gasteiger partial charge is 0.168 e. The molecule has 0 bridgehead atoms. The van der Waals surface area contributed by atoms with Crippen LogP contribution >= 0.6 is 0 Å². The lowest BCUT2D eigenvalue weighted by Gasteiger charge is -2.12. The normalized spacial score (nSPS) is 14.3. The van der Waals surface area contributed by atoms with Crippen LogP contribution in [0.5, 0.6) is 11.5 Å². The predicted molar refractivity (Wildman–Crippen MR) is 77.1 cm³/mol. The molecule has 2 aromatic rings. The molecule has 1 heterocycles. The zero-order valence-corrected chi connectivity index (χ0v) is 11.8. The Hall–Kier alpha value is -1.94. The molecule has 4 nitrogen and oxygen atoms in total. The third-order valence-electron chi connectivity index (χ3n) is 3.57. The minimum Gasteiger partial charge on any atom is -0.493 e. The van der Waals surface area contributed by atoms with Gasteiger partial charge >= 0.3 is 0 Å². The first-order valence-corrected chi connectivity index (χ1v) is 6.84. The summed E-state index contributed by atoms with van der Waals surface area (Å²) in [6.07, 6.45) is 4.25. The van der Waals surface area contributed by atoms with Crippen molar-refractivity contribution in [3.8, 4) is 22.6 Å². The number of methoxy groups -OCH3 is 2. The highest BCUT2D eigenvalue weighted by atomic mass is 16.5. The number of rotatable bonds is 6. The van der Waals surface area contributed by atoms with Crippen LogP contribution in [-0.4, -0.2) is 20.3 Å². The van der Waals surface area contributed by atoms with Gasteiger partial charge in [0.2, 0.25) is 0 Å². The minimum absolute atomic E-state index is 0.653. The maximum atomic E-state index is 5.61. The van der Waals surface area contributed by atoms with Crippen molar-refractivity contribution in [3.63, 3.8) is 0 Å². The van der Waals surface area contributed by atoms with E-state index >= 15 is 0 Å². The predicted octanol–water partition coefficient (Wildman–Crippen LogP) is 3.22. The Morgan fingerprint density at radius 3 is 2.70 bits per heavy atom. The van der Waals surface area contributed by atoms with Crippen molar-refractivity contribution in [1.82, 2.24) is 5.32 Å². The van der Waals surface area contributed by atoms with E-state index in [0.717, 1.165) is 34.9 Å². The van der Waals surface area contributed by atoms with Crippen molar-refractivity contribution in [3.05, 3.63) is 36.3 Å². The highest BCUT2D eigenvalue weighted by molar-refractivity contribution is 5.75. The van der Waals surface area contributed by atoms with Crippen molar-refractivity contribution in [2.75, 3.05) is 14.2 Å². The lowest BCUT2D eigenvalue weighted by Crippen LogP contribution is -2.15. The summed E-state index contributed by atoms with van der Waals surface area (Å²) in [7, 11) is 3.30. The van der Waals surface area contributed by atoms with Crippen LogP contribution in [-0.2, 0) is 6.54 Å². The molecule has 0 radical (unpaired) electrons. The molecule has 3 rings (SSSR count). The first-order valence-electron chi connectivity index (χ1n) is 6.84. The Kier molecular flexibility index (Phi) is 3.65. The number of ether oxygens (including phenoxy) is 2. The summed E-state index contributed by atoms with van der Waals surface area (Å²) in [5.41, 5.74) is 2.04. The van der Waals surface area contributed by atoms with Crippen molar-refractivity contribution < 1.29 is 13.9 Å². The molecular formula is C16H19NO3. The van der Waals surface area contributed by atoms with Gasteiger partial charge in [0.1, 0.15) is 5.76 Å². The second-order valence-corrected chi connectivity index (χ2v) is 4.95. The molecule has 0 unspecified atom stereocenters. The summed E-state index contributed by atoms with van der Waals surface area (Å²) in [6, 6.07) is 8.50. The van der Waals surface area contributed by atoms with Crippen LogP contribution in [0.15, 0.2) is 34.9 Å². The highest BCUT2D eigenvalue weighted by Crippen LogP contribution is 2.39. The fourth-order valence-electron chi connectivity index (χ4n) is 2.34. The van der Waals surface area contributed by atoms with E-state index < -0.39 is 0 Å². The molecule has 0 amide bonds. The van der Waals surface area contributed by atoms with Crippen LogP contribution in [0.4, 0.5) is 0 Å². The first kappa shape index (κ1) is 13.1. The van der Waals surface area contributed by atoms with Crippen LogP contribution in [0.1, 0.15) is 18.6 Å². The number of hydrogen-bond donors (Lipinski definition) is 1. The molecule has 4 heteroatoms. The van der Waals surface area contributed by atoms with Gasteiger partial charge in [-0.05, 0) is 25.0 Å². The molecule has 1 aromatic carbocycles. The van der Waals surface area contributed by atoms with Gasteiger partial charge in [0.05, 0.1) is 27.0 Å². The van der Waals surface area contributed by atoms with Crippen LogP contribution in [0, 0.1) is 0 Å². The molecular weight excluding hydrogens is 254 g/mol. The lowest BCUT2D eigenvalue weighted by molar-refractivity contribution is 0.356. The van der Waals surface area contributed by atoms with Gasteiger partial charge in [-0.2, -0.15) is 0 Å². The zero-order chi connectivity index (χ0) is 13.9. The van der Waals surface area contributed by atoms with E-state index in [1.807, 2.05) is 24.3 Å². The maximum Gasteiger partial charge on any atom is 0.168 e. The SMILES string of the molecule is COc1cccc(-c2ccoc2CNC2CC2)c1OC. The third kappa shape index (κ3) is 2.51. The van der Waals surface area contributed by atoms with E-state index in [9.17, 15) is 0 Å². The average Bonchev–Trinajstić information content (AvgIpc) is 3.20. The fourth-order valence-corrected chi connectivity index (χ4v) is 2.34. The summed E-state index contributed by atoms with van der Waals surface area (Å²) >= 11 is 0. The zero-order valence-electron chi connectivity index (χ0n) is 11.8. The molecule has 0 spiro atoms. The average molecular weight is 273 g/mol. The van der Waals surface area contributed by atoms with Crippen LogP contribution in [0.25, 0.3) is 11.1 Å². The Labute approximate surface area is 118 Å². The lowest BCUT2D eigenvalue weighted by atomic mass is 10.0. The van der Waals surface area contributed by atoms with Gasteiger partial charge in [-0.1, -0.05) is 12.1 Å². The van der Waals surface area contributed by atoms with Crippen molar-refractivity contribution >= 4 is 0 Å². The van der Waals surface area contributed by atoms with Crippen LogP contribution < -0.4 is 14.8 Å². The van der Waals surface area contributed by atoms with Gasteiger partial charge in [-0.25, -0.2) is 0 Å². The van der Waals surface area contributed by atoms with E-state index in [1.54, 1.807) is 20.5 Å². The highest BCUT2D eigenvalue weighted by Gasteiger charge is 2.22. The van der Waals surface area contributed by atoms with Gasteiger partial charge in [0, 0.05) is 17.2 Å². The Morgan fingerprint density at radius 1 is 1.15 bits per heavy atom. The molecule has 1 N–H and O–H groups in total. The van der Waals surface area contributed by atoms with E-state index in [0.29, 0.717) is 6.04 Å². The third-order valence-corrected chi connectivity index (χ3v) is 3.57. The Balaban J connectivity index is 1.93. The number of benzene rings is 1. The summed E-state index contributed by atoms with van der Waals surface area (Å²) in [6.45, 7) is 0.743. The summed E-state index contributed by atoms with van der Waals surface area (Å²) in [5.74, 6) is 2.40. The molecule has 0 atom stereocenters. The monoisotopic (exact) mass is 273 g/mol.